The van der Waals surface area contributed by atoms with Gasteiger partial charge >= 0.3 is 0 Å². The van der Waals surface area contributed by atoms with Crippen molar-refractivity contribution in [2.24, 2.45) is 5.73 Å². The highest BCUT2D eigenvalue weighted by Crippen LogP contribution is 2.23. The molecule has 0 radical (unpaired) electrons. The molecule has 2 aromatic rings. The van der Waals surface area contributed by atoms with Gasteiger partial charge in [0.1, 0.15) is 9.87 Å². The quantitative estimate of drug-likeness (QED) is 0.847. The van der Waals surface area contributed by atoms with Crippen molar-refractivity contribution in [3.8, 4) is 0 Å². The van der Waals surface area contributed by atoms with Crippen LogP contribution in [0.2, 0.25) is 0 Å². The van der Waals surface area contributed by atoms with Gasteiger partial charge in [0.25, 0.3) is 5.91 Å². The monoisotopic (exact) mass is 320 g/mol. The number of nitrogens with two attached hydrogens (primary N) is 1. The fourth-order valence-electron chi connectivity index (χ4n) is 1.82. The van der Waals surface area contributed by atoms with Gasteiger partial charge in [0.05, 0.1) is 5.69 Å². The standard InChI is InChI=1S/C14H16N4OS2/c1-7(2)11-12(21-18-17-11)14(19)16-10-6-9(13(15)20)5-4-8(10)3/h4-7H,1-3H3,(H2,15,20)(H,16,19). The van der Waals surface area contributed by atoms with Crippen molar-refractivity contribution < 1.29 is 4.79 Å². The van der Waals surface area contributed by atoms with Gasteiger partial charge in [-0.3, -0.25) is 4.79 Å². The summed E-state index contributed by atoms with van der Waals surface area (Å²) in [4.78, 5) is 13.2. The molecule has 3 N–H and O–H groups in total. The molecule has 0 saturated heterocycles. The van der Waals surface area contributed by atoms with Gasteiger partial charge in [-0.05, 0) is 36.0 Å². The van der Waals surface area contributed by atoms with E-state index < -0.39 is 0 Å². The lowest BCUT2D eigenvalue weighted by molar-refractivity contribution is 0.102. The number of aromatic nitrogens is 2. The van der Waals surface area contributed by atoms with Crippen LogP contribution in [0.4, 0.5) is 5.69 Å². The van der Waals surface area contributed by atoms with Gasteiger partial charge in [-0.25, -0.2) is 0 Å². The molecule has 0 aliphatic rings. The van der Waals surface area contributed by atoms with Crippen molar-refractivity contribution in [3.05, 3.63) is 39.9 Å². The van der Waals surface area contributed by atoms with Crippen LogP contribution < -0.4 is 11.1 Å². The molecule has 0 aliphatic carbocycles. The van der Waals surface area contributed by atoms with Crippen molar-refractivity contribution in [2.75, 3.05) is 5.32 Å². The number of nitrogens with one attached hydrogen (secondary N) is 1. The van der Waals surface area contributed by atoms with Gasteiger partial charge in [-0.2, -0.15) is 0 Å². The molecule has 5 nitrogen and oxygen atoms in total. The molecule has 1 heterocycles. The first kappa shape index (κ1) is 15.5. The number of rotatable bonds is 4. The molecule has 0 aliphatic heterocycles. The maximum Gasteiger partial charge on any atom is 0.269 e. The van der Waals surface area contributed by atoms with E-state index in [0.717, 1.165) is 22.7 Å². The molecule has 0 atom stereocenters. The number of hydrogen-bond donors (Lipinski definition) is 2. The smallest absolute Gasteiger partial charge is 0.269 e. The summed E-state index contributed by atoms with van der Waals surface area (Å²) in [5, 5.41) is 6.89. The molecular formula is C14H16N4OS2. The molecule has 0 bridgehead atoms. The summed E-state index contributed by atoms with van der Waals surface area (Å²) in [6.07, 6.45) is 0. The molecule has 2 rings (SSSR count). The predicted molar refractivity (Wildman–Crippen MR) is 89.0 cm³/mol. The van der Waals surface area contributed by atoms with Gasteiger partial charge in [0, 0.05) is 11.3 Å². The average Bonchev–Trinajstić information content (AvgIpc) is 2.90. The molecule has 21 heavy (non-hydrogen) atoms. The van der Waals surface area contributed by atoms with Crippen molar-refractivity contribution in [3.63, 3.8) is 0 Å². The first-order valence-electron chi connectivity index (χ1n) is 6.44. The molecule has 0 fully saturated rings. The minimum Gasteiger partial charge on any atom is -0.389 e. The Morgan fingerprint density at radius 1 is 1.43 bits per heavy atom. The maximum absolute atomic E-state index is 12.4. The summed E-state index contributed by atoms with van der Waals surface area (Å²) < 4.78 is 3.86. The van der Waals surface area contributed by atoms with Crippen LogP contribution in [-0.2, 0) is 0 Å². The lowest BCUT2D eigenvalue weighted by Crippen LogP contribution is -2.15. The Kier molecular flexibility index (Phi) is 4.64. The van der Waals surface area contributed by atoms with Crippen LogP contribution in [-0.4, -0.2) is 20.5 Å². The van der Waals surface area contributed by atoms with Crippen molar-refractivity contribution in [1.29, 1.82) is 0 Å². The van der Waals surface area contributed by atoms with Crippen LogP contribution in [0.25, 0.3) is 0 Å². The first-order chi connectivity index (χ1) is 9.90. The number of carbonyl (C=O) groups excluding carboxylic acids is 1. The van der Waals surface area contributed by atoms with E-state index in [1.165, 1.54) is 0 Å². The Labute approximate surface area is 132 Å². The van der Waals surface area contributed by atoms with Gasteiger partial charge in [0.2, 0.25) is 0 Å². The molecule has 7 heteroatoms. The number of aryl methyl sites for hydroxylation is 1. The molecule has 0 saturated carbocycles. The Hall–Kier alpha value is -1.86. The highest BCUT2D eigenvalue weighted by molar-refractivity contribution is 7.80. The zero-order chi connectivity index (χ0) is 15.6. The normalized spacial score (nSPS) is 10.7. The number of anilines is 1. The van der Waals surface area contributed by atoms with Crippen LogP contribution in [0.5, 0.6) is 0 Å². The number of nitrogens with zero attached hydrogens (tertiary/aromatic N) is 2. The van der Waals surface area contributed by atoms with Crippen molar-refractivity contribution >= 4 is 40.3 Å². The highest BCUT2D eigenvalue weighted by Gasteiger charge is 2.19. The van der Waals surface area contributed by atoms with Crippen LogP contribution in [0.1, 0.15) is 46.3 Å². The average molecular weight is 320 g/mol. The molecule has 1 amide bonds. The Morgan fingerprint density at radius 3 is 2.76 bits per heavy atom. The summed E-state index contributed by atoms with van der Waals surface area (Å²) in [7, 11) is 0. The van der Waals surface area contributed by atoms with Crippen molar-refractivity contribution in [2.45, 2.75) is 26.7 Å². The van der Waals surface area contributed by atoms with Crippen LogP contribution in [0.3, 0.4) is 0 Å². The third-order valence-corrected chi connectivity index (χ3v) is 4.01. The second-order valence-corrected chi connectivity index (χ2v) is 6.18. The lowest BCUT2D eigenvalue weighted by Gasteiger charge is -2.10. The topological polar surface area (TPSA) is 80.9 Å². The van der Waals surface area contributed by atoms with E-state index >= 15 is 0 Å². The number of carbonyl (C=O) groups is 1. The Morgan fingerprint density at radius 2 is 2.14 bits per heavy atom. The van der Waals surface area contributed by atoms with E-state index in [-0.39, 0.29) is 11.8 Å². The SMILES string of the molecule is Cc1ccc(C(N)=S)cc1NC(=O)c1snnc1C(C)C. The van der Waals surface area contributed by atoms with E-state index in [4.69, 9.17) is 18.0 Å². The minimum absolute atomic E-state index is 0.147. The summed E-state index contributed by atoms with van der Waals surface area (Å²) in [5.74, 6) is -0.0644. The molecule has 1 aromatic carbocycles. The van der Waals surface area contributed by atoms with Crippen LogP contribution in [0, 0.1) is 6.92 Å². The van der Waals surface area contributed by atoms with E-state index in [1.807, 2.05) is 32.9 Å². The maximum atomic E-state index is 12.4. The van der Waals surface area contributed by atoms with E-state index in [0.29, 0.717) is 21.2 Å². The molecule has 1 aromatic heterocycles. The van der Waals surface area contributed by atoms with Crippen molar-refractivity contribution in [1.82, 2.24) is 9.59 Å². The van der Waals surface area contributed by atoms with E-state index in [9.17, 15) is 4.79 Å². The highest BCUT2D eigenvalue weighted by atomic mass is 32.1. The summed E-state index contributed by atoms with van der Waals surface area (Å²) >= 11 is 6.06. The van der Waals surface area contributed by atoms with Gasteiger partial charge < -0.3 is 11.1 Å². The summed E-state index contributed by atoms with van der Waals surface area (Å²) in [6, 6.07) is 5.48. The second kappa shape index (κ2) is 6.28. The summed E-state index contributed by atoms with van der Waals surface area (Å²) in [6.45, 7) is 5.87. The van der Waals surface area contributed by atoms with Gasteiger partial charge in [0.15, 0.2) is 0 Å². The van der Waals surface area contributed by atoms with Gasteiger partial charge in [-0.1, -0.05) is 42.7 Å². The molecule has 0 spiro atoms. The fourth-order valence-corrected chi connectivity index (χ4v) is 2.66. The number of benzene rings is 1. The van der Waals surface area contributed by atoms with E-state index in [1.54, 1.807) is 6.07 Å². The molecule has 110 valence electrons. The lowest BCUT2D eigenvalue weighted by atomic mass is 10.1. The first-order valence-corrected chi connectivity index (χ1v) is 7.62. The number of thiocarbonyl (C=S) groups is 1. The Bertz CT molecular complexity index is 694. The predicted octanol–water partition coefficient (Wildman–Crippen LogP) is 2.86. The Balaban J connectivity index is 2.29. The largest absolute Gasteiger partial charge is 0.389 e. The zero-order valence-corrected chi connectivity index (χ0v) is 13.6. The minimum atomic E-state index is -0.211. The molecule has 0 unspecified atom stereocenters. The van der Waals surface area contributed by atoms with E-state index in [2.05, 4.69) is 14.9 Å². The number of hydrogen-bond acceptors (Lipinski definition) is 5. The third-order valence-electron chi connectivity index (χ3n) is 3.04. The summed E-state index contributed by atoms with van der Waals surface area (Å²) in [5.41, 5.74) is 8.68. The zero-order valence-electron chi connectivity index (χ0n) is 12.0. The van der Waals surface area contributed by atoms with Crippen LogP contribution in [0.15, 0.2) is 18.2 Å². The van der Waals surface area contributed by atoms with Gasteiger partial charge in [-0.15, -0.1) is 5.10 Å². The molecular weight excluding hydrogens is 304 g/mol. The second-order valence-electron chi connectivity index (χ2n) is 4.99. The third kappa shape index (κ3) is 3.43. The fraction of sp³-hybridized carbons (Fsp3) is 0.286. The number of amides is 1. The van der Waals surface area contributed by atoms with Crippen LogP contribution >= 0.6 is 23.8 Å².